The van der Waals surface area contributed by atoms with Crippen LogP contribution in [0.3, 0.4) is 0 Å². The van der Waals surface area contributed by atoms with Crippen molar-refractivity contribution in [1.82, 2.24) is 0 Å². The summed E-state index contributed by atoms with van der Waals surface area (Å²) in [6.07, 6.45) is 0.244. The highest BCUT2D eigenvalue weighted by Crippen LogP contribution is 2.14. The maximum atomic E-state index is 11.5. The predicted molar refractivity (Wildman–Crippen MR) is 71.7 cm³/mol. The van der Waals surface area contributed by atoms with Gasteiger partial charge in [-0.3, -0.25) is 4.79 Å². The summed E-state index contributed by atoms with van der Waals surface area (Å²) < 4.78 is 10.7. The largest absolute Gasteiger partial charge is 0.493 e. The SMILES string of the molecule is CC(C)COc1ccc(CC(=O)OC(C)C)cc1. The Bertz CT molecular complexity index is 366. The van der Waals surface area contributed by atoms with Crippen LogP contribution in [0, 0.1) is 5.92 Å². The smallest absolute Gasteiger partial charge is 0.310 e. The zero-order chi connectivity index (χ0) is 13.5. The van der Waals surface area contributed by atoms with Crippen LogP contribution in [0.4, 0.5) is 0 Å². The van der Waals surface area contributed by atoms with Gasteiger partial charge in [0, 0.05) is 0 Å². The van der Waals surface area contributed by atoms with E-state index in [1.165, 1.54) is 0 Å². The molecule has 18 heavy (non-hydrogen) atoms. The Kier molecular flexibility index (Phi) is 5.69. The molecule has 0 atom stereocenters. The molecule has 0 aromatic heterocycles. The molecule has 1 aromatic carbocycles. The molecule has 100 valence electrons. The van der Waals surface area contributed by atoms with Crippen LogP contribution in [0.5, 0.6) is 5.75 Å². The van der Waals surface area contributed by atoms with Crippen LogP contribution in [-0.4, -0.2) is 18.7 Å². The van der Waals surface area contributed by atoms with Gasteiger partial charge in [-0.15, -0.1) is 0 Å². The Morgan fingerprint density at radius 2 is 1.72 bits per heavy atom. The molecule has 0 spiro atoms. The fourth-order valence-corrected chi connectivity index (χ4v) is 1.44. The van der Waals surface area contributed by atoms with Crippen LogP contribution in [0.15, 0.2) is 24.3 Å². The summed E-state index contributed by atoms with van der Waals surface area (Å²) in [5.74, 6) is 1.15. The maximum Gasteiger partial charge on any atom is 0.310 e. The van der Waals surface area contributed by atoms with Crippen LogP contribution in [0.1, 0.15) is 33.3 Å². The zero-order valence-electron chi connectivity index (χ0n) is 11.6. The van der Waals surface area contributed by atoms with E-state index in [4.69, 9.17) is 9.47 Å². The Morgan fingerprint density at radius 1 is 1.11 bits per heavy atom. The van der Waals surface area contributed by atoms with Crippen molar-refractivity contribution in [2.45, 2.75) is 40.2 Å². The quantitative estimate of drug-likeness (QED) is 0.727. The number of ether oxygens (including phenoxy) is 2. The first kappa shape index (κ1) is 14.6. The molecule has 1 rings (SSSR count). The Labute approximate surface area is 109 Å². The summed E-state index contributed by atoms with van der Waals surface area (Å²) in [6, 6.07) is 7.58. The lowest BCUT2D eigenvalue weighted by atomic mass is 10.1. The van der Waals surface area contributed by atoms with E-state index in [9.17, 15) is 4.79 Å². The molecule has 0 heterocycles. The fourth-order valence-electron chi connectivity index (χ4n) is 1.44. The van der Waals surface area contributed by atoms with Gasteiger partial charge in [-0.25, -0.2) is 0 Å². The van der Waals surface area contributed by atoms with Gasteiger partial charge in [0.1, 0.15) is 5.75 Å². The molecule has 3 nitrogen and oxygen atoms in total. The van der Waals surface area contributed by atoms with Crippen LogP contribution in [0.25, 0.3) is 0 Å². The third-order valence-corrected chi connectivity index (χ3v) is 2.22. The Balaban J connectivity index is 2.47. The van der Waals surface area contributed by atoms with E-state index in [0.717, 1.165) is 11.3 Å². The van der Waals surface area contributed by atoms with E-state index in [0.29, 0.717) is 18.9 Å². The first-order chi connectivity index (χ1) is 8.47. The number of rotatable bonds is 6. The van der Waals surface area contributed by atoms with Crippen LogP contribution >= 0.6 is 0 Å². The number of carbonyl (C=O) groups excluding carboxylic acids is 1. The van der Waals surface area contributed by atoms with Crippen LogP contribution < -0.4 is 4.74 Å². The predicted octanol–water partition coefficient (Wildman–Crippen LogP) is 3.22. The van der Waals surface area contributed by atoms with E-state index in [2.05, 4.69) is 13.8 Å². The fraction of sp³-hybridized carbons (Fsp3) is 0.533. The molecule has 0 aliphatic carbocycles. The lowest BCUT2D eigenvalue weighted by Gasteiger charge is -2.10. The van der Waals surface area contributed by atoms with E-state index in [-0.39, 0.29) is 12.1 Å². The second-order valence-electron chi connectivity index (χ2n) is 5.06. The number of hydrogen-bond acceptors (Lipinski definition) is 3. The van der Waals surface area contributed by atoms with Gasteiger partial charge in [0.05, 0.1) is 19.1 Å². The van der Waals surface area contributed by atoms with Gasteiger partial charge >= 0.3 is 5.97 Å². The topological polar surface area (TPSA) is 35.5 Å². The highest BCUT2D eigenvalue weighted by atomic mass is 16.5. The third kappa shape index (κ3) is 5.71. The normalized spacial score (nSPS) is 10.8. The molecule has 1 aromatic rings. The van der Waals surface area contributed by atoms with Gasteiger partial charge in [0.2, 0.25) is 0 Å². The molecular formula is C15H22O3. The van der Waals surface area contributed by atoms with Gasteiger partial charge in [0.15, 0.2) is 0 Å². The van der Waals surface area contributed by atoms with Crippen molar-refractivity contribution in [1.29, 1.82) is 0 Å². The molecule has 3 heteroatoms. The van der Waals surface area contributed by atoms with Crippen molar-refractivity contribution >= 4 is 5.97 Å². The zero-order valence-corrected chi connectivity index (χ0v) is 11.6. The molecule has 0 aliphatic heterocycles. The maximum absolute atomic E-state index is 11.5. The standard InChI is InChI=1S/C15H22O3/c1-11(2)10-17-14-7-5-13(6-8-14)9-15(16)18-12(3)4/h5-8,11-12H,9-10H2,1-4H3. The van der Waals surface area contributed by atoms with Gasteiger partial charge in [-0.1, -0.05) is 26.0 Å². The lowest BCUT2D eigenvalue weighted by molar-refractivity contribution is -0.146. The van der Waals surface area contributed by atoms with Crippen molar-refractivity contribution in [2.24, 2.45) is 5.92 Å². The van der Waals surface area contributed by atoms with Gasteiger partial charge in [0.25, 0.3) is 0 Å². The van der Waals surface area contributed by atoms with Crippen molar-refractivity contribution in [2.75, 3.05) is 6.61 Å². The molecule has 0 N–H and O–H groups in total. The molecule has 0 bridgehead atoms. The van der Waals surface area contributed by atoms with Crippen molar-refractivity contribution in [3.63, 3.8) is 0 Å². The summed E-state index contributed by atoms with van der Waals surface area (Å²) >= 11 is 0. The number of esters is 1. The number of benzene rings is 1. The van der Waals surface area contributed by atoms with Gasteiger partial charge < -0.3 is 9.47 Å². The summed E-state index contributed by atoms with van der Waals surface area (Å²) in [4.78, 5) is 11.5. The van der Waals surface area contributed by atoms with E-state index < -0.39 is 0 Å². The van der Waals surface area contributed by atoms with E-state index >= 15 is 0 Å². The monoisotopic (exact) mass is 250 g/mol. The lowest BCUT2D eigenvalue weighted by Crippen LogP contribution is -2.13. The summed E-state index contributed by atoms with van der Waals surface area (Å²) in [5.41, 5.74) is 0.942. The minimum absolute atomic E-state index is 0.0638. The first-order valence-corrected chi connectivity index (χ1v) is 6.38. The molecule has 0 unspecified atom stereocenters. The van der Waals surface area contributed by atoms with E-state index in [1.807, 2.05) is 38.1 Å². The highest BCUT2D eigenvalue weighted by molar-refractivity contribution is 5.72. The van der Waals surface area contributed by atoms with Crippen molar-refractivity contribution < 1.29 is 14.3 Å². The molecule has 0 saturated heterocycles. The van der Waals surface area contributed by atoms with Crippen LogP contribution in [-0.2, 0) is 16.0 Å². The minimum Gasteiger partial charge on any atom is -0.493 e. The molecule has 0 saturated carbocycles. The average molecular weight is 250 g/mol. The molecule has 0 amide bonds. The van der Waals surface area contributed by atoms with Crippen molar-refractivity contribution in [3.05, 3.63) is 29.8 Å². The Hall–Kier alpha value is -1.51. The summed E-state index contributed by atoms with van der Waals surface area (Å²) in [5, 5.41) is 0. The average Bonchev–Trinajstić information content (AvgIpc) is 2.26. The van der Waals surface area contributed by atoms with Crippen molar-refractivity contribution in [3.8, 4) is 5.75 Å². The highest BCUT2D eigenvalue weighted by Gasteiger charge is 2.07. The van der Waals surface area contributed by atoms with Gasteiger partial charge in [-0.05, 0) is 37.5 Å². The second-order valence-corrected chi connectivity index (χ2v) is 5.06. The van der Waals surface area contributed by atoms with Gasteiger partial charge in [-0.2, -0.15) is 0 Å². The summed E-state index contributed by atoms with van der Waals surface area (Å²) in [6.45, 7) is 8.61. The molecule has 0 aliphatic rings. The molecular weight excluding hydrogens is 228 g/mol. The second kappa shape index (κ2) is 7.04. The summed E-state index contributed by atoms with van der Waals surface area (Å²) in [7, 11) is 0. The van der Waals surface area contributed by atoms with Crippen LogP contribution in [0.2, 0.25) is 0 Å². The minimum atomic E-state index is -0.194. The first-order valence-electron chi connectivity index (χ1n) is 6.38. The number of carbonyl (C=O) groups is 1. The third-order valence-electron chi connectivity index (χ3n) is 2.22. The molecule has 0 fully saturated rings. The number of hydrogen-bond donors (Lipinski definition) is 0. The van der Waals surface area contributed by atoms with E-state index in [1.54, 1.807) is 0 Å². The molecule has 0 radical (unpaired) electrons. The Morgan fingerprint density at radius 3 is 2.22 bits per heavy atom.